The lowest BCUT2D eigenvalue weighted by Gasteiger charge is -2.39. The van der Waals surface area contributed by atoms with Gasteiger partial charge in [0.15, 0.2) is 14.1 Å². The molecule has 0 aliphatic carbocycles. The quantitative estimate of drug-likeness (QED) is 0.594. The zero-order valence-corrected chi connectivity index (χ0v) is 19.7. The average molecular weight is 424 g/mol. The van der Waals surface area contributed by atoms with Gasteiger partial charge in [0.2, 0.25) is 0 Å². The van der Waals surface area contributed by atoms with E-state index in [0.717, 1.165) is 42.5 Å². The van der Waals surface area contributed by atoms with E-state index in [0.29, 0.717) is 5.02 Å². The van der Waals surface area contributed by atoms with Crippen LogP contribution in [-0.2, 0) is 17.4 Å². The lowest BCUT2D eigenvalue weighted by molar-refractivity contribution is 0.252. The molecule has 27 heavy (non-hydrogen) atoms. The molecule has 3 rings (SSSR count). The molecule has 1 atom stereocenters. The largest absolute Gasteiger partial charge is 0.415 e. The van der Waals surface area contributed by atoms with Crippen molar-refractivity contribution < 1.29 is 4.43 Å². The molecule has 4 nitrogen and oxygen atoms in total. The smallest absolute Gasteiger partial charge is 0.192 e. The third-order valence-corrected chi connectivity index (χ3v) is 11.9. The van der Waals surface area contributed by atoms with Crippen molar-refractivity contribution in [2.24, 2.45) is 0 Å². The molecular weight excluding hydrogens is 394 g/mol. The second-order valence-electron chi connectivity index (χ2n) is 9.10. The first-order valence-corrected chi connectivity index (χ1v) is 13.7. The number of hydrogen-bond donors (Lipinski definition) is 0. The van der Waals surface area contributed by atoms with Crippen molar-refractivity contribution >= 4 is 31.7 Å². The van der Waals surface area contributed by atoms with Gasteiger partial charge < -0.3 is 8.99 Å². The van der Waals surface area contributed by atoms with E-state index in [1.165, 1.54) is 0 Å². The lowest BCUT2D eigenvalue weighted by Crippen LogP contribution is -2.45. The molecule has 1 unspecified atom stereocenters. The average Bonchev–Trinajstić information content (AvgIpc) is 2.87. The molecule has 0 bridgehead atoms. The van der Waals surface area contributed by atoms with E-state index in [2.05, 4.69) is 55.6 Å². The Morgan fingerprint density at radius 2 is 1.96 bits per heavy atom. The summed E-state index contributed by atoms with van der Waals surface area (Å²) >= 11 is 8.38. The van der Waals surface area contributed by atoms with Crippen LogP contribution in [-0.4, -0.2) is 40.2 Å². The van der Waals surface area contributed by atoms with Gasteiger partial charge in [0.05, 0.1) is 5.02 Å². The number of benzene rings is 1. The number of rotatable bonds is 4. The van der Waals surface area contributed by atoms with Crippen molar-refractivity contribution in [1.82, 2.24) is 14.8 Å². The molecule has 1 aromatic heterocycles. The second-order valence-corrected chi connectivity index (χ2v) is 16.0. The minimum atomic E-state index is -1.77. The minimum Gasteiger partial charge on any atom is -0.415 e. The lowest BCUT2D eigenvalue weighted by atomic mass is 10.1. The van der Waals surface area contributed by atoms with E-state index in [9.17, 15) is 0 Å². The topological polar surface area (TPSA) is 39.9 Å². The van der Waals surface area contributed by atoms with Gasteiger partial charge in [-0.15, -0.1) is 10.2 Å². The third-order valence-electron chi connectivity index (χ3n) is 5.78. The number of halogens is 1. The Hall–Kier alpha value is -0.823. The van der Waals surface area contributed by atoms with Crippen LogP contribution in [0.3, 0.4) is 0 Å². The molecule has 1 aliphatic rings. The summed E-state index contributed by atoms with van der Waals surface area (Å²) in [7, 11) is -1.77. The zero-order valence-electron chi connectivity index (χ0n) is 17.2. The van der Waals surface area contributed by atoms with Crippen molar-refractivity contribution in [3.05, 3.63) is 35.1 Å². The van der Waals surface area contributed by atoms with Gasteiger partial charge in [-0.3, -0.25) is 0 Å². The number of nitrogens with zero attached hydrogens (tertiary/aromatic N) is 3. The van der Waals surface area contributed by atoms with Crippen molar-refractivity contribution in [2.45, 2.75) is 63.5 Å². The maximum atomic E-state index is 6.56. The molecule has 1 aliphatic heterocycles. The van der Waals surface area contributed by atoms with Crippen molar-refractivity contribution in [1.29, 1.82) is 0 Å². The highest BCUT2D eigenvalue weighted by Gasteiger charge is 2.40. The molecule has 2 aromatic rings. The van der Waals surface area contributed by atoms with Gasteiger partial charge in [-0.2, -0.15) is 11.8 Å². The first kappa shape index (κ1) is 20.9. The van der Waals surface area contributed by atoms with E-state index >= 15 is 0 Å². The van der Waals surface area contributed by atoms with Gasteiger partial charge >= 0.3 is 0 Å². The number of aromatic nitrogens is 3. The van der Waals surface area contributed by atoms with Crippen LogP contribution in [0.25, 0.3) is 11.4 Å². The molecule has 0 fully saturated rings. The molecule has 0 saturated carbocycles. The molecule has 148 valence electrons. The van der Waals surface area contributed by atoms with Crippen LogP contribution >= 0.6 is 23.4 Å². The second kappa shape index (κ2) is 7.54. The Kier molecular flexibility index (Phi) is 5.84. The number of hydrogen-bond acceptors (Lipinski definition) is 4. The predicted molar refractivity (Wildman–Crippen MR) is 118 cm³/mol. The van der Waals surface area contributed by atoms with Gasteiger partial charge in [-0.05, 0) is 37.2 Å². The molecule has 0 spiro atoms. The minimum absolute atomic E-state index is 0.00849. The molecule has 7 heteroatoms. The molecular formula is C20H30ClN3OSSi. The third kappa shape index (κ3) is 4.44. The molecule has 2 heterocycles. The van der Waals surface area contributed by atoms with Gasteiger partial charge in [0.1, 0.15) is 5.82 Å². The molecule has 0 saturated heterocycles. The maximum absolute atomic E-state index is 6.56. The highest BCUT2D eigenvalue weighted by atomic mass is 35.5. The summed E-state index contributed by atoms with van der Waals surface area (Å²) in [6.07, 6.45) is 0.851. The first-order valence-electron chi connectivity index (χ1n) is 9.47. The van der Waals surface area contributed by atoms with Crippen LogP contribution in [0.1, 0.15) is 33.5 Å². The van der Waals surface area contributed by atoms with Crippen LogP contribution < -0.4 is 0 Å². The Morgan fingerprint density at radius 3 is 2.63 bits per heavy atom. The SMILES string of the molecule is CC1(CO[Si](C)(C)C(C)(C)C)Cc2nnc(-c3ccccc3Cl)n2CCS1. The van der Waals surface area contributed by atoms with Crippen LogP contribution in [0.2, 0.25) is 23.2 Å². The Balaban J connectivity index is 1.82. The zero-order chi connectivity index (χ0) is 19.9. The predicted octanol–water partition coefficient (Wildman–Crippen LogP) is 5.67. The van der Waals surface area contributed by atoms with E-state index in [1.807, 2.05) is 36.0 Å². The molecule has 0 amide bonds. The maximum Gasteiger partial charge on any atom is 0.192 e. The first-order chi connectivity index (χ1) is 12.5. The van der Waals surface area contributed by atoms with Crippen LogP contribution in [0.4, 0.5) is 0 Å². The summed E-state index contributed by atoms with van der Waals surface area (Å²) < 4.78 is 8.79. The monoisotopic (exact) mass is 423 g/mol. The summed E-state index contributed by atoms with van der Waals surface area (Å²) in [5, 5.41) is 9.93. The summed E-state index contributed by atoms with van der Waals surface area (Å²) in [6, 6.07) is 7.85. The fourth-order valence-electron chi connectivity index (χ4n) is 2.95. The fourth-order valence-corrected chi connectivity index (χ4v) is 5.53. The molecule has 0 N–H and O–H groups in total. The molecule has 1 aromatic carbocycles. The normalized spacial score (nSPS) is 21.0. The van der Waals surface area contributed by atoms with E-state index in [-0.39, 0.29) is 9.79 Å². The number of fused-ring (bicyclic) bond motifs is 1. The Bertz CT molecular complexity index is 818. The summed E-state index contributed by atoms with van der Waals surface area (Å²) in [5.41, 5.74) is 0.948. The van der Waals surface area contributed by atoms with Crippen molar-refractivity contribution in [2.75, 3.05) is 12.4 Å². The highest BCUT2D eigenvalue weighted by Crippen LogP contribution is 2.40. The van der Waals surface area contributed by atoms with Gasteiger partial charge in [-0.25, -0.2) is 0 Å². The van der Waals surface area contributed by atoms with Gasteiger partial charge in [0.25, 0.3) is 0 Å². The highest BCUT2D eigenvalue weighted by molar-refractivity contribution is 8.00. The summed E-state index contributed by atoms with van der Waals surface area (Å²) in [5.74, 6) is 2.90. The summed E-state index contributed by atoms with van der Waals surface area (Å²) in [4.78, 5) is 0. The van der Waals surface area contributed by atoms with Crippen LogP contribution in [0.15, 0.2) is 24.3 Å². The van der Waals surface area contributed by atoms with Crippen molar-refractivity contribution in [3.8, 4) is 11.4 Å². The van der Waals surface area contributed by atoms with Gasteiger partial charge in [-0.1, -0.05) is 44.5 Å². The molecule has 0 radical (unpaired) electrons. The Labute approximate surface area is 173 Å². The van der Waals surface area contributed by atoms with E-state index in [1.54, 1.807) is 0 Å². The van der Waals surface area contributed by atoms with E-state index in [4.69, 9.17) is 16.0 Å². The standard InChI is InChI=1S/C20H30ClN3OSSi/c1-19(2,3)27(5,6)25-14-20(4)13-17-22-23-18(24(17)11-12-26-20)15-9-7-8-10-16(15)21/h7-10H,11-14H2,1-6H3. The van der Waals surface area contributed by atoms with E-state index < -0.39 is 8.32 Å². The van der Waals surface area contributed by atoms with Crippen molar-refractivity contribution in [3.63, 3.8) is 0 Å². The number of thioether (sulfide) groups is 1. The summed E-state index contributed by atoms with van der Waals surface area (Å²) in [6.45, 7) is 15.4. The van der Waals surface area contributed by atoms with Gasteiger partial charge in [0, 0.05) is 35.6 Å². The Morgan fingerprint density at radius 1 is 1.26 bits per heavy atom. The van der Waals surface area contributed by atoms with Crippen LogP contribution in [0, 0.1) is 0 Å². The fraction of sp³-hybridized carbons (Fsp3) is 0.600. The van der Waals surface area contributed by atoms with Crippen LogP contribution in [0.5, 0.6) is 0 Å².